The van der Waals surface area contributed by atoms with Gasteiger partial charge in [0.2, 0.25) is 0 Å². The molecule has 2 aromatic rings. The second-order valence-electron chi connectivity index (χ2n) is 12.0. The molecule has 0 radical (unpaired) electrons. The lowest BCUT2D eigenvalue weighted by Crippen LogP contribution is -2.33. The lowest BCUT2D eigenvalue weighted by molar-refractivity contribution is 0.0963. The van der Waals surface area contributed by atoms with E-state index in [9.17, 15) is 9.90 Å². The van der Waals surface area contributed by atoms with E-state index in [2.05, 4.69) is 97.8 Å². The Morgan fingerprint density at radius 1 is 1.06 bits per heavy atom. The Morgan fingerprint density at radius 2 is 1.63 bits per heavy atom. The fourth-order valence-corrected chi connectivity index (χ4v) is 5.69. The van der Waals surface area contributed by atoms with Crippen molar-refractivity contribution < 1.29 is 9.90 Å². The van der Waals surface area contributed by atoms with Crippen LogP contribution in [0.1, 0.15) is 88.4 Å². The molecule has 0 aromatic heterocycles. The third-order valence-electron chi connectivity index (χ3n) is 7.11. The number of benzene rings is 2. The lowest BCUT2D eigenvalue weighted by atomic mass is 9.78. The topological polar surface area (TPSA) is 52.9 Å². The number of halogens is 1. The average molecular weight is 542 g/mol. The van der Waals surface area contributed by atoms with Crippen LogP contribution in [0.3, 0.4) is 0 Å². The average Bonchev–Trinajstić information content (AvgIpc) is 3.08. The minimum atomic E-state index is -0.274. The number of aromatic hydroxyl groups is 1. The van der Waals surface area contributed by atoms with Gasteiger partial charge in [-0.25, -0.2) is 0 Å². The van der Waals surface area contributed by atoms with Crippen LogP contribution in [0.15, 0.2) is 46.5 Å². The van der Waals surface area contributed by atoms with Crippen LogP contribution < -0.4 is 0 Å². The largest absolute Gasteiger partial charge is 0.507 e. The zero-order chi connectivity index (χ0) is 26.0. The van der Waals surface area contributed by atoms with E-state index >= 15 is 0 Å². The van der Waals surface area contributed by atoms with Crippen molar-refractivity contribution in [2.75, 3.05) is 13.1 Å². The van der Waals surface area contributed by atoms with Crippen molar-refractivity contribution in [1.29, 1.82) is 0 Å². The van der Waals surface area contributed by atoms with Gasteiger partial charge in [0.1, 0.15) is 11.6 Å². The van der Waals surface area contributed by atoms with Gasteiger partial charge in [-0.1, -0.05) is 85.2 Å². The number of likely N-dealkylation sites (tertiary alicyclic amines) is 1. The summed E-state index contributed by atoms with van der Waals surface area (Å²) in [5.74, 6) is 2.06. The van der Waals surface area contributed by atoms with E-state index in [1.165, 1.54) is 5.56 Å². The fourth-order valence-electron chi connectivity index (χ4n) is 5.20. The summed E-state index contributed by atoms with van der Waals surface area (Å²) >= 11 is 3.38. The first-order valence-electron chi connectivity index (χ1n) is 12.8. The number of amidine groups is 1. The van der Waals surface area contributed by atoms with E-state index in [-0.39, 0.29) is 29.1 Å². The molecule has 190 valence electrons. The highest BCUT2D eigenvalue weighted by Gasteiger charge is 2.39. The van der Waals surface area contributed by atoms with E-state index in [0.29, 0.717) is 17.2 Å². The van der Waals surface area contributed by atoms with Crippen LogP contribution >= 0.6 is 16.1 Å². The Hall–Kier alpha value is -2.14. The van der Waals surface area contributed by atoms with E-state index in [1.54, 1.807) is 0 Å². The van der Waals surface area contributed by atoms with Crippen LogP contribution in [0.5, 0.6) is 5.75 Å². The number of ketones is 1. The molecule has 1 saturated heterocycles. The molecule has 0 saturated carbocycles. The van der Waals surface area contributed by atoms with Crippen molar-refractivity contribution in [3.63, 3.8) is 0 Å². The van der Waals surface area contributed by atoms with Gasteiger partial charge < -0.3 is 10.0 Å². The second kappa shape index (κ2) is 10.9. The lowest BCUT2D eigenvalue weighted by Gasteiger charge is -2.28. The first-order valence-corrected chi connectivity index (χ1v) is 13.5. The van der Waals surface area contributed by atoms with E-state index in [0.717, 1.165) is 42.8 Å². The minimum absolute atomic E-state index is 0.0604. The third kappa shape index (κ3) is 6.35. The summed E-state index contributed by atoms with van der Waals surface area (Å²) in [7, 11) is 0. The van der Waals surface area contributed by atoms with Gasteiger partial charge in [-0.2, -0.15) is 4.02 Å². The van der Waals surface area contributed by atoms with Crippen molar-refractivity contribution in [3.8, 4) is 5.75 Å². The highest BCUT2D eigenvalue weighted by Crippen LogP contribution is 2.40. The number of rotatable bonds is 7. The molecule has 0 amide bonds. The zero-order valence-corrected chi connectivity index (χ0v) is 23.9. The highest BCUT2D eigenvalue weighted by molar-refractivity contribution is 9.08. The van der Waals surface area contributed by atoms with Gasteiger partial charge in [-0.05, 0) is 47.3 Å². The molecule has 1 aliphatic heterocycles. The van der Waals surface area contributed by atoms with Gasteiger partial charge in [-0.3, -0.25) is 4.79 Å². The predicted molar refractivity (Wildman–Crippen MR) is 150 cm³/mol. The monoisotopic (exact) mass is 540 g/mol. The zero-order valence-electron chi connectivity index (χ0n) is 22.4. The summed E-state index contributed by atoms with van der Waals surface area (Å²) in [6, 6.07) is 14.3. The smallest absolute Gasteiger partial charge is 0.182 e. The Balaban J connectivity index is 1.92. The second-order valence-corrected chi connectivity index (χ2v) is 12.4. The summed E-state index contributed by atoms with van der Waals surface area (Å²) in [6.45, 7) is 15.8. The van der Waals surface area contributed by atoms with Crippen LogP contribution in [0.4, 0.5) is 0 Å². The van der Waals surface area contributed by atoms with Crippen LogP contribution in [0, 0.1) is 11.8 Å². The van der Waals surface area contributed by atoms with Gasteiger partial charge in [0.25, 0.3) is 0 Å². The number of Topliss-reactive ketones (excluding diaryl/α,β-unsaturated/α-hetero) is 1. The van der Waals surface area contributed by atoms with Gasteiger partial charge in [-0.15, -0.1) is 0 Å². The number of nitrogens with zero attached hydrogens (tertiary/aromatic N) is 2. The fraction of sp³-hybridized carbons (Fsp3) is 0.533. The number of hydrogen-bond acceptors (Lipinski definition) is 3. The first kappa shape index (κ1) is 27.4. The molecule has 35 heavy (non-hydrogen) atoms. The van der Waals surface area contributed by atoms with E-state index in [1.807, 2.05) is 18.2 Å². The SMILES string of the molecule is CCC[C@H]1CN(CC(=O)c2cc(C(C)(C)C)c(O)c(C(C)(C)C)c2)C(=NBr)[C@@H]1Cc1ccccc1. The molecule has 0 unspecified atom stereocenters. The molecule has 0 bridgehead atoms. The van der Waals surface area contributed by atoms with E-state index in [4.69, 9.17) is 0 Å². The normalized spacial score (nSPS) is 20.0. The highest BCUT2D eigenvalue weighted by atomic mass is 79.9. The molecule has 3 rings (SSSR count). The number of carbonyl (C=O) groups is 1. The Morgan fingerprint density at radius 3 is 2.11 bits per heavy atom. The number of phenols is 1. The van der Waals surface area contributed by atoms with Gasteiger partial charge in [0.15, 0.2) is 5.78 Å². The summed E-state index contributed by atoms with van der Waals surface area (Å²) in [6.07, 6.45) is 3.13. The van der Waals surface area contributed by atoms with Gasteiger partial charge in [0, 0.05) is 29.2 Å². The van der Waals surface area contributed by atoms with Crippen molar-refractivity contribution in [1.82, 2.24) is 4.90 Å². The molecule has 1 N–H and O–H groups in total. The summed E-state index contributed by atoms with van der Waals surface area (Å²) < 4.78 is 4.52. The van der Waals surface area contributed by atoms with Gasteiger partial charge >= 0.3 is 0 Å². The Bertz CT molecular complexity index is 1030. The molecular formula is C30H41BrN2O2. The van der Waals surface area contributed by atoms with Crippen LogP contribution in [-0.2, 0) is 17.3 Å². The summed E-state index contributed by atoms with van der Waals surface area (Å²) in [5.41, 5.74) is 3.03. The maximum atomic E-state index is 13.7. The number of carbonyl (C=O) groups excluding carboxylic acids is 1. The van der Waals surface area contributed by atoms with Crippen molar-refractivity contribution >= 4 is 27.8 Å². The maximum Gasteiger partial charge on any atom is 0.182 e. The molecule has 2 aromatic carbocycles. The van der Waals surface area contributed by atoms with E-state index < -0.39 is 0 Å². The molecule has 5 heteroatoms. The van der Waals surface area contributed by atoms with Crippen LogP contribution in [0.2, 0.25) is 0 Å². The summed E-state index contributed by atoms with van der Waals surface area (Å²) in [4.78, 5) is 15.8. The molecular weight excluding hydrogens is 500 g/mol. The van der Waals surface area contributed by atoms with Crippen molar-refractivity contribution in [3.05, 3.63) is 64.7 Å². The molecule has 2 atom stereocenters. The molecule has 1 fully saturated rings. The predicted octanol–water partition coefficient (Wildman–Crippen LogP) is 7.47. The minimum Gasteiger partial charge on any atom is -0.507 e. The maximum absolute atomic E-state index is 13.7. The quantitative estimate of drug-likeness (QED) is 0.370. The molecule has 0 spiro atoms. The number of phenolic OH excluding ortho intramolecular Hbond substituents is 1. The van der Waals surface area contributed by atoms with Gasteiger partial charge in [0.05, 0.1) is 22.7 Å². The summed E-state index contributed by atoms with van der Waals surface area (Å²) in [5, 5.41) is 11.1. The molecule has 0 aliphatic carbocycles. The van der Waals surface area contributed by atoms with Crippen molar-refractivity contribution in [2.45, 2.75) is 78.6 Å². The Kier molecular flexibility index (Phi) is 8.52. The van der Waals surface area contributed by atoms with Crippen LogP contribution in [0.25, 0.3) is 0 Å². The van der Waals surface area contributed by atoms with Crippen molar-refractivity contribution in [2.24, 2.45) is 15.9 Å². The third-order valence-corrected chi connectivity index (χ3v) is 7.47. The number of hydrogen-bond donors (Lipinski definition) is 1. The molecule has 4 nitrogen and oxygen atoms in total. The van der Waals surface area contributed by atoms with Crippen LogP contribution in [-0.4, -0.2) is 34.7 Å². The standard InChI is InChI=1S/C30H41BrN2O2/c1-8-12-21-18-33(28(32-31)23(21)15-20-13-10-9-11-14-20)19-26(34)22-16-24(29(2,3)4)27(35)25(17-22)30(5,6)7/h9-11,13-14,16-17,21,23,35H,8,12,15,18-19H2,1-7H3/t21-,23+/m0/s1. The first-order chi connectivity index (χ1) is 16.4. The Labute approximate surface area is 220 Å². The molecule has 1 heterocycles. The molecule has 1 aliphatic rings.